The molecule has 1 heterocycles. The van der Waals surface area contributed by atoms with Crippen LogP contribution >= 0.6 is 43.2 Å². The second kappa shape index (κ2) is 5.99. The van der Waals surface area contributed by atoms with Gasteiger partial charge in [0, 0.05) is 31.8 Å². The Morgan fingerprint density at radius 1 is 1.33 bits per heavy atom. The number of halogens is 2. The van der Waals surface area contributed by atoms with Gasteiger partial charge < -0.3 is 4.90 Å². The molecule has 2 nitrogen and oxygen atoms in total. The summed E-state index contributed by atoms with van der Waals surface area (Å²) in [4.78, 5) is 14.1. The second-order valence-corrected chi connectivity index (χ2v) is 6.68. The second-order valence-electron chi connectivity index (χ2n) is 3.92. The lowest BCUT2D eigenvalue weighted by Crippen LogP contribution is -2.16. The molecule has 0 saturated carbocycles. The summed E-state index contributed by atoms with van der Waals surface area (Å²) < 4.78 is 2.05. The van der Waals surface area contributed by atoms with Crippen LogP contribution in [0.3, 0.4) is 0 Å². The van der Waals surface area contributed by atoms with E-state index in [0.29, 0.717) is 5.56 Å². The molecule has 0 bridgehead atoms. The number of hydrogen-bond donors (Lipinski definition) is 0. The highest BCUT2D eigenvalue weighted by molar-refractivity contribution is 9.10. The van der Waals surface area contributed by atoms with Crippen LogP contribution in [0.25, 0.3) is 0 Å². The number of carbonyl (C=O) groups excluding carboxylic acids is 1. The number of hydrogen-bond acceptors (Lipinski definition) is 3. The lowest BCUT2D eigenvalue weighted by Gasteiger charge is -2.20. The Morgan fingerprint density at radius 3 is 2.67 bits per heavy atom. The zero-order valence-corrected chi connectivity index (χ0v) is 13.7. The van der Waals surface area contributed by atoms with E-state index in [4.69, 9.17) is 0 Å². The maximum Gasteiger partial charge on any atom is 0.150 e. The highest BCUT2D eigenvalue weighted by Gasteiger charge is 2.08. The van der Waals surface area contributed by atoms with Gasteiger partial charge in [-0.1, -0.05) is 0 Å². The Bertz CT molecular complexity index is 568. The molecular formula is C13H11Br2NOS. The van der Waals surface area contributed by atoms with E-state index in [-0.39, 0.29) is 0 Å². The molecule has 0 atom stereocenters. The molecule has 18 heavy (non-hydrogen) atoms. The van der Waals surface area contributed by atoms with Crippen molar-refractivity contribution in [2.75, 3.05) is 11.9 Å². The molecule has 5 heteroatoms. The maximum absolute atomic E-state index is 10.7. The van der Waals surface area contributed by atoms with Gasteiger partial charge in [-0.3, -0.25) is 4.79 Å². The van der Waals surface area contributed by atoms with E-state index in [0.717, 1.165) is 27.5 Å². The average Bonchev–Trinajstić information content (AvgIpc) is 2.74. The summed E-state index contributed by atoms with van der Waals surface area (Å²) in [7, 11) is 2.04. The standard InChI is InChI=1S/C13H11Br2NOS/c1-16(6-11-5-10(14)8-18-11)13-3-2-9(7-17)4-12(13)15/h2-5,7-8H,6H2,1H3. The van der Waals surface area contributed by atoms with Crippen molar-refractivity contribution in [2.45, 2.75) is 6.54 Å². The van der Waals surface area contributed by atoms with Crippen molar-refractivity contribution in [3.05, 3.63) is 49.0 Å². The normalized spacial score (nSPS) is 10.4. The summed E-state index contributed by atoms with van der Waals surface area (Å²) in [5, 5.41) is 2.08. The van der Waals surface area contributed by atoms with Crippen LogP contribution in [0.4, 0.5) is 5.69 Å². The minimum atomic E-state index is 0.679. The van der Waals surface area contributed by atoms with Gasteiger partial charge >= 0.3 is 0 Å². The summed E-state index contributed by atoms with van der Waals surface area (Å²) in [5.41, 5.74) is 1.75. The van der Waals surface area contributed by atoms with Gasteiger partial charge in [0.15, 0.2) is 0 Å². The molecule has 0 unspecified atom stereocenters. The van der Waals surface area contributed by atoms with Gasteiger partial charge in [0.2, 0.25) is 0 Å². The first-order chi connectivity index (χ1) is 8.60. The van der Waals surface area contributed by atoms with E-state index in [1.54, 1.807) is 11.3 Å². The average molecular weight is 389 g/mol. The smallest absolute Gasteiger partial charge is 0.150 e. The van der Waals surface area contributed by atoms with Gasteiger partial charge in [0.1, 0.15) is 6.29 Å². The highest BCUT2D eigenvalue weighted by Crippen LogP contribution is 2.29. The zero-order valence-electron chi connectivity index (χ0n) is 9.69. The fraction of sp³-hybridized carbons (Fsp3) is 0.154. The molecule has 1 aromatic carbocycles. The molecule has 0 fully saturated rings. The molecule has 94 valence electrons. The van der Waals surface area contributed by atoms with Crippen molar-refractivity contribution < 1.29 is 4.79 Å². The molecule has 0 aliphatic heterocycles. The summed E-state index contributed by atoms with van der Waals surface area (Å²) in [6.07, 6.45) is 0.852. The fourth-order valence-corrected chi connectivity index (χ4v) is 3.86. The van der Waals surface area contributed by atoms with E-state index in [1.165, 1.54) is 4.88 Å². The quantitative estimate of drug-likeness (QED) is 0.706. The monoisotopic (exact) mass is 387 g/mol. The molecule has 0 saturated heterocycles. The van der Waals surface area contributed by atoms with Crippen molar-refractivity contribution >= 4 is 55.2 Å². The Hall–Kier alpha value is -0.650. The number of rotatable bonds is 4. The van der Waals surface area contributed by atoms with E-state index in [9.17, 15) is 4.79 Å². The predicted molar refractivity (Wildman–Crippen MR) is 83.7 cm³/mol. The minimum absolute atomic E-state index is 0.679. The van der Waals surface area contributed by atoms with Crippen LogP contribution in [0.2, 0.25) is 0 Å². The third kappa shape index (κ3) is 3.22. The lowest BCUT2D eigenvalue weighted by molar-refractivity contribution is 0.112. The molecular weight excluding hydrogens is 378 g/mol. The first kappa shape index (κ1) is 13.8. The van der Waals surface area contributed by atoms with Crippen LogP contribution in [0.15, 0.2) is 38.6 Å². The predicted octanol–water partition coefficient (Wildman–Crippen LogP) is 4.72. The summed E-state index contributed by atoms with van der Waals surface area (Å²) >= 11 is 8.68. The van der Waals surface area contributed by atoms with Crippen molar-refractivity contribution in [1.82, 2.24) is 0 Å². The van der Waals surface area contributed by atoms with Crippen LogP contribution in [0, 0.1) is 0 Å². The van der Waals surface area contributed by atoms with Gasteiger partial charge in [-0.25, -0.2) is 0 Å². The highest BCUT2D eigenvalue weighted by atomic mass is 79.9. The number of thiophene rings is 1. The van der Waals surface area contributed by atoms with Crippen LogP contribution < -0.4 is 4.90 Å². The van der Waals surface area contributed by atoms with Gasteiger partial charge in [0.05, 0.1) is 12.2 Å². The molecule has 2 rings (SSSR count). The van der Waals surface area contributed by atoms with Gasteiger partial charge in [-0.15, -0.1) is 11.3 Å². The third-order valence-electron chi connectivity index (χ3n) is 2.53. The van der Waals surface area contributed by atoms with E-state index in [2.05, 4.69) is 48.2 Å². The van der Waals surface area contributed by atoms with Crippen molar-refractivity contribution in [1.29, 1.82) is 0 Å². The lowest BCUT2D eigenvalue weighted by atomic mass is 10.2. The van der Waals surface area contributed by atoms with Gasteiger partial charge in [0.25, 0.3) is 0 Å². The Kier molecular flexibility index (Phi) is 4.59. The molecule has 0 radical (unpaired) electrons. The van der Waals surface area contributed by atoms with Crippen LogP contribution in [0.1, 0.15) is 15.2 Å². The largest absolute Gasteiger partial charge is 0.369 e. The molecule has 1 aromatic heterocycles. The van der Waals surface area contributed by atoms with Crippen molar-refractivity contribution in [2.24, 2.45) is 0 Å². The fourth-order valence-electron chi connectivity index (χ4n) is 1.66. The first-order valence-corrected chi connectivity index (χ1v) is 7.75. The van der Waals surface area contributed by atoms with E-state index in [1.807, 2.05) is 25.2 Å². The van der Waals surface area contributed by atoms with E-state index < -0.39 is 0 Å². The van der Waals surface area contributed by atoms with E-state index >= 15 is 0 Å². The first-order valence-electron chi connectivity index (χ1n) is 5.29. The number of carbonyl (C=O) groups is 1. The van der Waals surface area contributed by atoms with Crippen molar-refractivity contribution in [3.63, 3.8) is 0 Å². The Balaban J connectivity index is 2.18. The zero-order chi connectivity index (χ0) is 13.1. The topological polar surface area (TPSA) is 20.3 Å². The molecule has 0 spiro atoms. The molecule has 0 amide bonds. The van der Waals surface area contributed by atoms with Gasteiger partial charge in [-0.05, 0) is 56.1 Å². The molecule has 0 N–H and O–H groups in total. The SMILES string of the molecule is CN(Cc1cc(Br)cs1)c1ccc(C=O)cc1Br. The number of anilines is 1. The molecule has 0 aliphatic carbocycles. The number of nitrogens with zero attached hydrogens (tertiary/aromatic N) is 1. The minimum Gasteiger partial charge on any atom is -0.369 e. The molecule has 2 aromatic rings. The number of benzene rings is 1. The van der Waals surface area contributed by atoms with Crippen LogP contribution in [-0.2, 0) is 6.54 Å². The molecule has 0 aliphatic rings. The Morgan fingerprint density at radius 2 is 2.11 bits per heavy atom. The number of aldehydes is 1. The van der Waals surface area contributed by atoms with Gasteiger partial charge in [-0.2, -0.15) is 0 Å². The summed E-state index contributed by atoms with van der Waals surface area (Å²) in [6.45, 7) is 0.843. The van der Waals surface area contributed by atoms with Crippen molar-refractivity contribution in [3.8, 4) is 0 Å². The van der Waals surface area contributed by atoms with Crippen LogP contribution in [0.5, 0.6) is 0 Å². The Labute approximate surface area is 127 Å². The summed E-state index contributed by atoms with van der Waals surface area (Å²) in [5.74, 6) is 0. The summed E-state index contributed by atoms with van der Waals surface area (Å²) in [6, 6.07) is 7.74. The van der Waals surface area contributed by atoms with Crippen LogP contribution in [-0.4, -0.2) is 13.3 Å². The maximum atomic E-state index is 10.7. The third-order valence-corrected chi connectivity index (χ3v) is 4.85.